The number of hydrogen-bond donors (Lipinski definition) is 2. The number of anilines is 1. The van der Waals surface area contributed by atoms with Gasteiger partial charge >= 0.3 is 0 Å². The minimum absolute atomic E-state index is 0.193. The van der Waals surface area contributed by atoms with Gasteiger partial charge in [-0.05, 0) is 29.8 Å². The van der Waals surface area contributed by atoms with Crippen LogP contribution in [0, 0.1) is 5.82 Å². The van der Waals surface area contributed by atoms with Crippen molar-refractivity contribution >= 4 is 5.69 Å². The maximum Gasteiger partial charge on any atom is 0.176 e. The van der Waals surface area contributed by atoms with E-state index in [1.165, 1.54) is 12.1 Å². The number of ether oxygens (including phenoxy) is 3. The molecular weight excluding hydrogens is 413 g/mol. The zero-order valence-electron chi connectivity index (χ0n) is 18.2. The molecule has 2 N–H and O–H groups in total. The van der Waals surface area contributed by atoms with Crippen LogP contribution in [0.5, 0.6) is 5.75 Å². The number of hydrogen-bond acceptors (Lipinski definition) is 7. The van der Waals surface area contributed by atoms with Crippen LogP contribution in [0.1, 0.15) is 5.56 Å². The number of aliphatic hydroxyl groups excluding tert-OH is 1. The molecule has 5 atom stereocenters. The first-order chi connectivity index (χ1) is 15.6. The molecule has 2 aromatic carbocycles. The summed E-state index contributed by atoms with van der Waals surface area (Å²) in [7, 11) is 1.69. The predicted octanol–water partition coefficient (Wildman–Crippen LogP) is 1.60. The number of nitrogens with zero attached hydrogens (tertiary/aromatic N) is 2. The van der Waals surface area contributed by atoms with Crippen molar-refractivity contribution in [2.45, 2.75) is 37.1 Å². The lowest BCUT2D eigenvalue weighted by Gasteiger charge is -2.47. The van der Waals surface area contributed by atoms with Crippen LogP contribution in [0.4, 0.5) is 10.1 Å². The minimum Gasteiger partial charge on any atom is -0.495 e. The number of para-hydroxylation sites is 2. The Bertz CT molecular complexity index is 906. The van der Waals surface area contributed by atoms with E-state index in [2.05, 4.69) is 21.2 Å². The molecule has 3 heterocycles. The van der Waals surface area contributed by atoms with E-state index in [4.69, 9.17) is 14.2 Å². The van der Waals surface area contributed by atoms with Crippen LogP contribution in [0.2, 0.25) is 0 Å². The Morgan fingerprint density at radius 2 is 1.84 bits per heavy atom. The van der Waals surface area contributed by atoms with Gasteiger partial charge in [0.05, 0.1) is 37.6 Å². The standard InChI is InChI=1S/C24H30FN3O4/c1-30-19-5-3-2-4-18(19)27-10-12-28(13-11-27)22-23(29)21(20-15-31-24(22)32-20)26-14-16-6-8-17(25)9-7-16/h2-9,20-24,26,29H,10-15H2,1H3. The van der Waals surface area contributed by atoms with Gasteiger partial charge in [-0.25, -0.2) is 4.39 Å². The minimum atomic E-state index is -0.625. The summed E-state index contributed by atoms with van der Waals surface area (Å²) < 4.78 is 30.7. The maximum atomic E-state index is 13.2. The van der Waals surface area contributed by atoms with E-state index in [9.17, 15) is 9.50 Å². The molecular formula is C24H30FN3O4. The summed E-state index contributed by atoms with van der Waals surface area (Å²) in [5.41, 5.74) is 2.05. The molecule has 0 spiro atoms. The quantitative estimate of drug-likeness (QED) is 0.703. The smallest absolute Gasteiger partial charge is 0.176 e. The van der Waals surface area contributed by atoms with Crippen molar-refractivity contribution in [3.8, 4) is 5.75 Å². The van der Waals surface area contributed by atoms with Gasteiger partial charge in [-0.15, -0.1) is 0 Å². The van der Waals surface area contributed by atoms with Crippen molar-refractivity contribution in [2.24, 2.45) is 0 Å². The molecule has 5 rings (SSSR count). The first-order valence-corrected chi connectivity index (χ1v) is 11.2. The van der Waals surface area contributed by atoms with E-state index in [0.717, 1.165) is 43.2 Å². The summed E-state index contributed by atoms with van der Waals surface area (Å²) in [5, 5.41) is 14.7. The topological polar surface area (TPSA) is 66.4 Å². The molecule has 0 saturated carbocycles. The number of piperazine rings is 1. The average Bonchev–Trinajstić information content (AvgIpc) is 3.25. The lowest BCUT2D eigenvalue weighted by atomic mass is 9.94. The number of aliphatic hydroxyl groups is 1. The zero-order chi connectivity index (χ0) is 22.1. The lowest BCUT2D eigenvalue weighted by molar-refractivity contribution is -0.183. The fourth-order valence-electron chi connectivity index (χ4n) is 5.03. The van der Waals surface area contributed by atoms with Gasteiger partial charge in [0.15, 0.2) is 6.29 Å². The van der Waals surface area contributed by atoms with Crippen LogP contribution in [-0.4, -0.2) is 80.5 Å². The molecule has 0 aliphatic carbocycles. The predicted molar refractivity (Wildman–Crippen MR) is 118 cm³/mol. The second kappa shape index (κ2) is 9.33. The normalized spacial score (nSPS) is 30.5. The van der Waals surface area contributed by atoms with Gasteiger partial charge in [0.1, 0.15) is 17.7 Å². The first kappa shape index (κ1) is 21.6. The van der Waals surface area contributed by atoms with Crippen LogP contribution in [0.25, 0.3) is 0 Å². The van der Waals surface area contributed by atoms with E-state index >= 15 is 0 Å². The molecule has 3 aliphatic heterocycles. The van der Waals surface area contributed by atoms with E-state index in [0.29, 0.717) is 13.2 Å². The Hall–Kier alpha value is -2.23. The van der Waals surface area contributed by atoms with Crippen molar-refractivity contribution in [3.63, 3.8) is 0 Å². The van der Waals surface area contributed by atoms with Crippen molar-refractivity contribution < 1.29 is 23.7 Å². The molecule has 3 aliphatic rings. The van der Waals surface area contributed by atoms with Gasteiger partial charge in [0, 0.05) is 32.7 Å². The molecule has 8 heteroatoms. The molecule has 0 aromatic heterocycles. The van der Waals surface area contributed by atoms with E-state index < -0.39 is 12.4 Å². The Labute approximate surface area is 187 Å². The Kier molecular flexibility index (Phi) is 6.30. The van der Waals surface area contributed by atoms with Crippen LogP contribution in [0.15, 0.2) is 48.5 Å². The van der Waals surface area contributed by atoms with Gasteiger partial charge in [-0.1, -0.05) is 24.3 Å². The number of fused-ring (bicyclic) bond motifs is 2. The molecule has 0 radical (unpaired) electrons. The van der Waals surface area contributed by atoms with Crippen LogP contribution < -0.4 is 15.0 Å². The number of benzene rings is 2. The number of nitrogens with one attached hydrogen (secondary N) is 1. The molecule has 3 fully saturated rings. The third kappa shape index (κ3) is 4.21. The fraction of sp³-hybridized carbons (Fsp3) is 0.500. The molecule has 3 saturated heterocycles. The summed E-state index contributed by atoms with van der Waals surface area (Å²) >= 11 is 0. The first-order valence-electron chi connectivity index (χ1n) is 11.2. The summed E-state index contributed by atoms with van der Waals surface area (Å²) in [5.74, 6) is 0.614. The molecule has 172 valence electrons. The van der Waals surface area contributed by atoms with Crippen LogP contribution in [0.3, 0.4) is 0 Å². The third-order valence-corrected chi connectivity index (χ3v) is 6.75. The van der Waals surface area contributed by atoms with Crippen molar-refractivity contribution in [1.82, 2.24) is 10.2 Å². The SMILES string of the molecule is COc1ccccc1N1CCN(C2C3OCC(O3)C(NCc3ccc(F)cc3)C2O)CC1. The molecule has 0 amide bonds. The van der Waals surface area contributed by atoms with Crippen LogP contribution >= 0.6 is 0 Å². The molecule has 2 aromatic rings. The number of methoxy groups -OCH3 is 1. The van der Waals surface area contributed by atoms with Crippen molar-refractivity contribution in [3.05, 3.63) is 59.9 Å². The second-order valence-electron chi connectivity index (χ2n) is 8.59. The summed E-state index contributed by atoms with van der Waals surface area (Å²) in [4.78, 5) is 4.59. The van der Waals surface area contributed by atoms with Crippen molar-refractivity contribution in [2.75, 3.05) is 44.8 Å². The highest BCUT2D eigenvalue weighted by molar-refractivity contribution is 5.58. The fourth-order valence-corrected chi connectivity index (χ4v) is 5.03. The monoisotopic (exact) mass is 443 g/mol. The lowest BCUT2D eigenvalue weighted by Crippen LogP contribution is -2.66. The Morgan fingerprint density at radius 1 is 1.09 bits per heavy atom. The second-order valence-corrected chi connectivity index (χ2v) is 8.59. The number of rotatable bonds is 6. The highest BCUT2D eigenvalue weighted by atomic mass is 19.1. The van der Waals surface area contributed by atoms with E-state index in [1.807, 2.05) is 18.2 Å². The highest BCUT2D eigenvalue weighted by Crippen LogP contribution is 2.33. The zero-order valence-corrected chi connectivity index (χ0v) is 18.2. The molecule has 32 heavy (non-hydrogen) atoms. The van der Waals surface area contributed by atoms with Gasteiger partial charge in [0.25, 0.3) is 0 Å². The van der Waals surface area contributed by atoms with E-state index in [1.54, 1.807) is 19.2 Å². The van der Waals surface area contributed by atoms with Crippen molar-refractivity contribution in [1.29, 1.82) is 0 Å². The van der Waals surface area contributed by atoms with Crippen LogP contribution in [-0.2, 0) is 16.0 Å². The van der Waals surface area contributed by atoms with Gasteiger partial charge < -0.3 is 29.5 Å². The van der Waals surface area contributed by atoms with Gasteiger partial charge in [-0.2, -0.15) is 0 Å². The molecule has 5 unspecified atom stereocenters. The summed E-state index contributed by atoms with van der Waals surface area (Å²) in [6.07, 6.45) is -1.24. The molecule has 7 nitrogen and oxygen atoms in total. The van der Waals surface area contributed by atoms with Gasteiger partial charge in [-0.3, -0.25) is 4.90 Å². The maximum absolute atomic E-state index is 13.2. The summed E-state index contributed by atoms with van der Waals surface area (Å²) in [6.45, 7) is 4.22. The van der Waals surface area contributed by atoms with Gasteiger partial charge in [0.2, 0.25) is 0 Å². The highest BCUT2D eigenvalue weighted by Gasteiger charge is 2.52. The summed E-state index contributed by atoms with van der Waals surface area (Å²) in [6, 6.07) is 14.0. The average molecular weight is 444 g/mol. The number of halogens is 1. The Balaban J connectivity index is 1.24. The van der Waals surface area contributed by atoms with E-state index in [-0.39, 0.29) is 24.0 Å². The third-order valence-electron chi connectivity index (χ3n) is 6.75. The largest absolute Gasteiger partial charge is 0.495 e. The molecule has 2 bridgehead atoms. The Morgan fingerprint density at radius 3 is 2.59 bits per heavy atom.